The number of nitrogens with one attached hydrogen (secondary N) is 3. The van der Waals surface area contributed by atoms with Crippen molar-refractivity contribution < 1.29 is 13.7 Å². The minimum absolute atomic E-state index is 0. The molecule has 0 saturated heterocycles. The fourth-order valence-corrected chi connectivity index (χ4v) is 3.34. The number of benzene rings is 1. The molecule has 0 saturated carbocycles. The van der Waals surface area contributed by atoms with E-state index in [0.29, 0.717) is 30.7 Å². The number of carbonyl (C=O) groups is 1. The van der Waals surface area contributed by atoms with Gasteiger partial charge in [-0.05, 0) is 49.6 Å². The molecule has 0 atom stereocenters. The summed E-state index contributed by atoms with van der Waals surface area (Å²) in [5, 5.41) is 13.6. The largest absolute Gasteiger partial charge is 0.459 e. The van der Waals surface area contributed by atoms with Crippen molar-refractivity contribution in [3.05, 3.63) is 71.5 Å². The van der Waals surface area contributed by atoms with Crippen LogP contribution in [-0.4, -0.2) is 23.6 Å². The molecule has 0 aliphatic carbocycles. The van der Waals surface area contributed by atoms with Crippen molar-refractivity contribution in [1.29, 1.82) is 0 Å². The first kappa shape index (κ1) is 26.4. The highest BCUT2D eigenvalue weighted by Crippen LogP contribution is 2.22. The summed E-state index contributed by atoms with van der Waals surface area (Å²) in [5.41, 5.74) is 2.66. The van der Waals surface area contributed by atoms with Gasteiger partial charge in [0, 0.05) is 24.2 Å². The Morgan fingerprint density at radius 2 is 1.91 bits per heavy atom. The Hall–Kier alpha value is -2.82. The Labute approximate surface area is 211 Å². The predicted molar refractivity (Wildman–Crippen MR) is 140 cm³/mol. The Balaban J connectivity index is 0.00000385. The molecule has 0 spiro atoms. The smallest absolute Gasteiger partial charge is 0.291 e. The van der Waals surface area contributed by atoms with Crippen LogP contribution >= 0.6 is 24.0 Å². The summed E-state index contributed by atoms with van der Waals surface area (Å²) in [5.74, 6) is 1.87. The lowest BCUT2D eigenvalue weighted by atomic mass is 9.99. The summed E-state index contributed by atoms with van der Waals surface area (Å²) in [7, 11) is 0. The number of hydrogen-bond acceptors (Lipinski definition) is 5. The Bertz CT molecular complexity index is 1010. The van der Waals surface area contributed by atoms with Crippen LogP contribution in [0, 0.1) is 0 Å². The molecule has 178 valence electrons. The van der Waals surface area contributed by atoms with Crippen LogP contribution in [0.2, 0.25) is 0 Å². The number of amides is 1. The zero-order valence-corrected chi connectivity index (χ0v) is 21.6. The van der Waals surface area contributed by atoms with Crippen LogP contribution in [-0.2, 0) is 13.1 Å². The van der Waals surface area contributed by atoms with Crippen molar-refractivity contribution in [2.45, 2.75) is 52.6 Å². The first-order valence-corrected chi connectivity index (χ1v) is 11.0. The second-order valence-corrected chi connectivity index (χ2v) is 7.41. The van der Waals surface area contributed by atoms with E-state index in [4.69, 9.17) is 8.94 Å². The lowest BCUT2D eigenvalue weighted by molar-refractivity contribution is 0.0996. The van der Waals surface area contributed by atoms with Gasteiger partial charge < -0.3 is 24.9 Å². The summed E-state index contributed by atoms with van der Waals surface area (Å²) in [6.45, 7) is 8.03. The number of aromatic nitrogens is 1. The first-order chi connectivity index (χ1) is 15.6. The molecule has 1 amide bonds. The molecular weight excluding hydrogens is 533 g/mol. The van der Waals surface area contributed by atoms with Crippen LogP contribution in [0.3, 0.4) is 0 Å². The molecule has 3 rings (SSSR count). The number of hydrogen-bond donors (Lipinski definition) is 3. The molecule has 2 aromatic heterocycles. The Kier molecular flexibility index (Phi) is 10.9. The Morgan fingerprint density at radius 1 is 1.09 bits per heavy atom. The highest BCUT2D eigenvalue weighted by molar-refractivity contribution is 14.0. The van der Waals surface area contributed by atoms with Gasteiger partial charge in [-0.15, -0.1) is 24.0 Å². The molecule has 0 fully saturated rings. The quantitative estimate of drug-likeness (QED) is 0.175. The third-order valence-electron chi connectivity index (χ3n) is 5.10. The zero-order chi connectivity index (χ0) is 22.8. The van der Waals surface area contributed by atoms with Crippen LogP contribution in [0.5, 0.6) is 0 Å². The number of furan rings is 1. The van der Waals surface area contributed by atoms with E-state index in [-0.39, 0.29) is 35.6 Å². The van der Waals surface area contributed by atoms with Gasteiger partial charge in [0.15, 0.2) is 17.5 Å². The molecule has 3 N–H and O–H groups in total. The maximum absolute atomic E-state index is 12.2. The SMILES string of the molecule is CCNC(=NCc1cccc(NC(=O)c2ccco2)c1)NCc1cc(C(CC)CC)no1.I. The van der Waals surface area contributed by atoms with Gasteiger partial charge in [0.05, 0.1) is 25.0 Å². The lowest BCUT2D eigenvalue weighted by Crippen LogP contribution is -2.36. The predicted octanol–water partition coefficient (Wildman–Crippen LogP) is 5.30. The number of anilines is 1. The van der Waals surface area contributed by atoms with Crippen LogP contribution in [0.1, 0.15) is 67.1 Å². The van der Waals surface area contributed by atoms with E-state index >= 15 is 0 Å². The van der Waals surface area contributed by atoms with Crippen molar-refractivity contribution in [3.8, 4) is 0 Å². The van der Waals surface area contributed by atoms with Gasteiger partial charge >= 0.3 is 0 Å². The summed E-state index contributed by atoms with van der Waals surface area (Å²) >= 11 is 0. The normalized spacial score (nSPS) is 11.2. The molecule has 0 aliphatic heterocycles. The monoisotopic (exact) mass is 565 g/mol. The number of halogens is 1. The van der Waals surface area contributed by atoms with Crippen LogP contribution in [0.4, 0.5) is 5.69 Å². The Morgan fingerprint density at radius 3 is 2.61 bits per heavy atom. The number of nitrogens with zero attached hydrogens (tertiary/aromatic N) is 2. The van der Waals surface area contributed by atoms with Crippen LogP contribution in [0.15, 0.2) is 62.7 Å². The third kappa shape index (κ3) is 7.92. The van der Waals surface area contributed by atoms with Gasteiger partial charge in [-0.25, -0.2) is 4.99 Å². The van der Waals surface area contributed by atoms with E-state index in [1.807, 2.05) is 37.3 Å². The van der Waals surface area contributed by atoms with Gasteiger partial charge in [0.25, 0.3) is 5.91 Å². The van der Waals surface area contributed by atoms with E-state index in [1.54, 1.807) is 12.1 Å². The van der Waals surface area contributed by atoms with E-state index in [0.717, 1.165) is 36.4 Å². The van der Waals surface area contributed by atoms with E-state index < -0.39 is 0 Å². The zero-order valence-electron chi connectivity index (χ0n) is 19.3. The molecule has 0 aliphatic rings. The topological polar surface area (TPSA) is 105 Å². The minimum atomic E-state index is -0.287. The average molecular weight is 565 g/mol. The van der Waals surface area contributed by atoms with Gasteiger partial charge in [-0.1, -0.05) is 31.1 Å². The maximum Gasteiger partial charge on any atom is 0.291 e. The fraction of sp³-hybridized carbons (Fsp3) is 0.375. The van der Waals surface area contributed by atoms with E-state index in [2.05, 4.69) is 39.9 Å². The van der Waals surface area contributed by atoms with Crippen molar-refractivity contribution >= 4 is 41.5 Å². The summed E-state index contributed by atoms with van der Waals surface area (Å²) in [4.78, 5) is 16.8. The summed E-state index contributed by atoms with van der Waals surface area (Å²) < 4.78 is 10.6. The standard InChI is InChI=1S/C24H31N5O3.HI/c1-4-18(5-2)21-14-20(32-29-21)16-27-24(25-6-3)26-15-17-9-7-10-19(13-17)28-23(30)22-11-8-12-31-22;/h7-14,18H,4-6,15-16H2,1-3H3,(H,28,30)(H2,25,26,27);1H. The summed E-state index contributed by atoms with van der Waals surface area (Å²) in [6.07, 6.45) is 3.56. The van der Waals surface area contributed by atoms with Crippen molar-refractivity contribution in [2.75, 3.05) is 11.9 Å². The second-order valence-electron chi connectivity index (χ2n) is 7.41. The minimum Gasteiger partial charge on any atom is -0.459 e. The van der Waals surface area contributed by atoms with E-state index in [9.17, 15) is 4.79 Å². The van der Waals surface area contributed by atoms with Gasteiger partial charge in [-0.3, -0.25) is 4.79 Å². The molecular formula is C24H32IN5O3. The number of guanidine groups is 1. The maximum atomic E-state index is 12.2. The second kappa shape index (κ2) is 13.7. The average Bonchev–Trinajstić information content (AvgIpc) is 3.50. The highest BCUT2D eigenvalue weighted by atomic mass is 127. The molecule has 0 bridgehead atoms. The van der Waals surface area contributed by atoms with E-state index in [1.165, 1.54) is 6.26 Å². The number of aliphatic imine (C=N–C) groups is 1. The fourth-order valence-electron chi connectivity index (χ4n) is 3.34. The lowest BCUT2D eigenvalue weighted by Gasteiger charge is -2.10. The molecule has 0 radical (unpaired) electrons. The molecule has 1 aromatic carbocycles. The molecule has 2 heterocycles. The molecule has 8 nitrogen and oxygen atoms in total. The number of rotatable bonds is 10. The van der Waals surface area contributed by atoms with Gasteiger partial charge in [0.2, 0.25) is 0 Å². The first-order valence-electron chi connectivity index (χ1n) is 11.0. The van der Waals surface area contributed by atoms with Crippen LogP contribution in [0.25, 0.3) is 0 Å². The van der Waals surface area contributed by atoms with Crippen LogP contribution < -0.4 is 16.0 Å². The highest BCUT2D eigenvalue weighted by Gasteiger charge is 2.13. The molecule has 33 heavy (non-hydrogen) atoms. The van der Waals surface area contributed by atoms with Crippen molar-refractivity contribution in [1.82, 2.24) is 15.8 Å². The third-order valence-corrected chi connectivity index (χ3v) is 5.10. The van der Waals surface area contributed by atoms with Crippen molar-refractivity contribution in [3.63, 3.8) is 0 Å². The van der Waals surface area contributed by atoms with Crippen molar-refractivity contribution in [2.24, 2.45) is 4.99 Å². The molecule has 0 unspecified atom stereocenters. The van der Waals surface area contributed by atoms with Gasteiger partial charge in [-0.2, -0.15) is 0 Å². The number of carbonyl (C=O) groups excluding carboxylic acids is 1. The molecule has 3 aromatic rings. The van der Waals surface area contributed by atoms with Gasteiger partial charge in [0.1, 0.15) is 0 Å². The summed E-state index contributed by atoms with van der Waals surface area (Å²) in [6, 6.07) is 12.9. The molecule has 9 heteroatoms.